The number of hydrogen-bond donors (Lipinski definition) is 1. The van der Waals surface area contributed by atoms with E-state index in [1.54, 1.807) is 0 Å². The number of fused-ring (bicyclic) bond motifs is 2. The Hall–Kier alpha value is -1.35. The van der Waals surface area contributed by atoms with Crippen molar-refractivity contribution in [2.75, 3.05) is 12.4 Å². The smallest absolute Gasteiger partial charge is 0.126 e. The Balaban J connectivity index is 2.40. The summed E-state index contributed by atoms with van der Waals surface area (Å²) < 4.78 is 13.4. The highest BCUT2D eigenvalue weighted by Crippen LogP contribution is 2.37. The van der Waals surface area contributed by atoms with E-state index in [1.807, 2.05) is 7.05 Å². The van der Waals surface area contributed by atoms with E-state index in [1.165, 1.54) is 24.1 Å². The zero-order chi connectivity index (χ0) is 12.7. The maximum absolute atomic E-state index is 13.4. The van der Waals surface area contributed by atoms with Gasteiger partial charge in [0.1, 0.15) is 5.82 Å². The quantitative estimate of drug-likeness (QED) is 0.844. The van der Waals surface area contributed by atoms with Gasteiger partial charge in [-0.3, -0.25) is 4.98 Å². The number of aryl methyl sites for hydroxylation is 1. The molecule has 2 nitrogen and oxygen atoms in total. The van der Waals surface area contributed by atoms with Crippen LogP contribution in [0.2, 0.25) is 5.02 Å². The van der Waals surface area contributed by atoms with Gasteiger partial charge in [-0.2, -0.15) is 0 Å². The predicted octanol–water partition coefficient (Wildman–Crippen LogP) is 3.95. The molecule has 0 fully saturated rings. The summed E-state index contributed by atoms with van der Waals surface area (Å²) in [6.07, 6.45) is 4.31. The summed E-state index contributed by atoms with van der Waals surface area (Å²) in [7, 11) is 1.88. The number of anilines is 1. The third-order valence-corrected chi connectivity index (χ3v) is 3.83. The summed E-state index contributed by atoms with van der Waals surface area (Å²) in [6.45, 7) is 0. The van der Waals surface area contributed by atoms with Crippen LogP contribution in [0.5, 0.6) is 0 Å². The minimum Gasteiger partial charge on any atom is -0.387 e. The highest BCUT2D eigenvalue weighted by Gasteiger charge is 2.19. The van der Waals surface area contributed by atoms with Crippen LogP contribution in [0, 0.1) is 5.82 Å². The molecule has 94 valence electrons. The number of halogens is 2. The lowest BCUT2D eigenvalue weighted by Gasteiger charge is -2.21. The lowest BCUT2D eigenvalue weighted by Crippen LogP contribution is -2.09. The molecule has 4 heteroatoms. The molecule has 0 unspecified atom stereocenters. The van der Waals surface area contributed by atoms with E-state index < -0.39 is 0 Å². The van der Waals surface area contributed by atoms with Gasteiger partial charge in [0, 0.05) is 29.9 Å². The monoisotopic (exact) mass is 264 g/mol. The zero-order valence-corrected chi connectivity index (χ0v) is 10.9. The Morgan fingerprint density at radius 2 is 2.06 bits per heavy atom. The third kappa shape index (κ3) is 1.74. The lowest BCUT2D eigenvalue weighted by molar-refractivity contribution is 0.629. The second kappa shape index (κ2) is 4.39. The Morgan fingerprint density at radius 1 is 1.28 bits per heavy atom. The van der Waals surface area contributed by atoms with Crippen LogP contribution in [0.1, 0.15) is 24.1 Å². The Bertz CT molecular complexity index is 625. The topological polar surface area (TPSA) is 24.9 Å². The average molecular weight is 265 g/mol. The summed E-state index contributed by atoms with van der Waals surface area (Å²) in [5.74, 6) is -0.335. The summed E-state index contributed by atoms with van der Waals surface area (Å²) in [5, 5.41) is 4.47. The Labute approximate surface area is 110 Å². The molecule has 0 saturated heterocycles. The molecular weight excluding hydrogens is 251 g/mol. The second-order valence-electron chi connectivity index (χ2n) is 4.65. The molecule has 3 rings (SSSR count). The average Bonchev–Trinajstić information content (AvgIpc) is 2.35. The number of nitrogens with one attached hydrogen (secondary N) is 1. The van der Waals surface area contributed by atoms with Crippen molar-refractivity contribution in [1.29, 1.82) is 0 Å². The molecule has 0 atom stereocenters. The molecular formula is C14H14ClFN2. The van der Waals surface area contributed by atoms with Gasteiger partial charge in [0.25, 0.3) is 0 Å². The summed E-state index contributed by atoms with van der Waals surface area (Å²) in [4.78, 5) is 4.58. The number of rotatable bonds is 1. The molecule has 1 aliphatic carbocycles. The van der Waals surface area contributed by atoms with Crippen molar-refractivity contribution in [2.45, 2.75) is 25.7 Å². The molecule has 1 aromatic carbocycles. The van der Waals surface area contributed by atoms with Crippen LogP contribution in [0.4, 0.5) is 10.1 Å². The van der Waals surface area contributed by atoms with Crippen molar-refractivity contribution in [1.82, 2.24) is 4.98 Å². The molecule has 0 saturated carbocycles. The highest BCUT2D eigenvalue weighted by molar-refractivity contribution is 6.36. The van der Waals surface area contributed by atoms with Gasteiger partial charge in [-0.1, -0.05) is 11.6 Å². The molecule has 0 amide bonds. The highest BCUT2D eigenvalue weighted by atomic mass is 35.5. The lowest BCUT2D eigenvalue weighted by atomic mass is 9.92. The van der Waals surface area contributed by atoms with Crippen LogP contribution in [0.25, 0.3) is 10.9 Å². The van der Waals surface area contributed by atoms with Gasteiger partial charge in [-0.05, 0) is 37.3 Å². The van der Waals surface area contributed by atoms with E-state index in [-0.39, 0.29) is 5.82 Å². The van der Waals surface area contributed by atoms with Crippen LogP contribution >= 0.6 is 11.6 Å². The van der Waals surface area contributed by atoms with Gasteiger partial charge >= 0.3 is 0 Å². The number of aromatic nitrogens is 1. The standard InChI is InChI=1S/C14H14ClFN2/c1-17-14-9-4-2-3-5-11(9)18-12-7-8(16)6-10(15)13(12)14/h6-7H,2-5H2,1H3,(H,17,18). The zero-order valence-electron chi connectivity index (χ0n) is 10.2. The van der Waals surface area contributed by atoms with Crippen LogP contribution < -0.4 is 5.32 Å². The van der Waals surface area contributed by atoms with Crippen molar-refractivity contribution in [3.8, 4) is 0 Å². The first-order valence-corrected chi connectivity index (χ1v) is 6.56. The van der Waals surface area contributed by atoms with Gasteiger partial charge < -0.3 is 5.32 Å². The molecule has 0 spiro atoms. The van der Waals surface area contributed by atoms with E-state index in [4.69, 9.17) is 11.6 Å². The fourth-order valence-corrected chi connectivity index (χ4v) is 3.05. The van der Waals surface area contributed by atoms with Gasteiger partial charge in [0.2, 0.25) is 0 Å². The molecule has 1 aromatic heterocycles. The van der Waals surface area contributed by atoms with Crippen molar-refractivity contribution in [3.63, 3.8) is 0 Å². The largest absolute Gasteiger partial charge is 0.387 e. The minimum atomic E-state index is -0.335. The molecule has 0 bridgehead atoms. The van der Waals surface area contributed by atoms with Crippen LogP contribution in [0.15, 0.2) is 12.1 Å². The number of benzene rings is 1. The number of pyridine rings is 1. The molecule has 1 aliphatic rings. The first-order chi connectivity index (χ1) is 8.70. The molecule has 0 aliphatic heterocycles. The van der Waals surface area contributed by atoms with Crippen LogP contribution in [-0.4, -0.2) is 12.0 Å². The van der Waals surface area contributed by atoms with Crippen molar-refractivity contribution in [3.05, 3.63) is 34.2 Å². The normalized spacial score (nSPS) is 14.6. The molecule has 18 heavy (non-hydrogen) atoms. The number of nitrogens with zero attached hydrogens (tertiary/aromatic N) is 1. The van der Waals surface area contributed by atoms with Crippen molar-refractivity contribution >= 4 is 28.2 Å². The summed E-state index contributed by atoms with van der Waals surface area (Å²) in [5.41, 5.74) is 3.98. The van der Waals surface area contributed by atoms with E-state index in [0.29, 0.717) is 10.5 Å². The SMILES string of the molecule is CNc1c2c(nc3cc(F)cc(Cl)c13)CCCC2. The maximum Gasteiger partial charge on any atom is 0.126 e. The van der Waals surface area contributed by atoms with E-state index in [2.05, 4.69) is 10.3 Å². The van der Waals surface area contributed by atoms with Crippen LogP contribution in [-0.2, 0) is 12.8 Å². The first-order valence-electron chi connectivity index (χ1n) is 6.19. The molecule has 2 aromatic rings. The third-order valence-electron chi connectivity index (χ3n) is 3.53. The fraction of sp³-hybridized carbons (Fsp3) is 0.357. The first kappa shape index (κ1) is 11.7. The van der Waals surface area contributed by atoms with Crippen molar-refractivity contribution < 1.29 is 4.39 Å². The number of hydrogen-bond acceptors (Lipinski definition) is 2. The Morgan fingerprint density at radius 3 is 2.83 bits per heavy atom. The van der Waals surface area contributed by atoms with Gasteiger partial charge in [0.05, 0.1) is 10.5 Å². The Kier molecular flexibility index (Phi) is 2.86. The van der Waals surface area contributed by atoms with E-state index in [0.717, 1.165) is 36.0 Å². The summed E-state index contributed by atoms with van der Waals surface area (Å²) in [6, 6.07) is 2.80. The van der Waals surface area contributed by atoms with E-state index >= 15 is 0 Å². The summed E-state index contributed by atoms with van der Waals surface area (Å²) >= 11 is 6.17. The van der Waals surface area contributed by atoms with Gasteiger partial charge in [-0.15, -0.1) is 0 Å². The van der Waals surface area contributed by atoms with Gasteiger partial charge in [0.15, 0.2) is 0 Å². The van der Waals surface area contributed by atoms with Crippen LogP contribution in [0.3, 0.4) is 0 Å². The van der Waals surface area contributed by atoms with Gasteiger partial charge in [-0.25, -0.2) is 4.39 Å². The molecule has 1 N–H and O–H groups in total. The van der Waals surface area contributed by atoms with Crippen molar-refractivity contribution in [2.24, 2.45) is 0 Å². The maximum atomic E-state index is 13.4. The van der Waals surface area contributed by atoms with E-state index in [9.17, 15) is 4.39 Å². The minimum absolute atomic E-state index is 0.335. The second-order valence-corrected chi connectivity index (χ2v) is 5.06. The fourth-order valence-electron chi connectivity index (χ4n) is 2.75. The molecule has 0 radical (unpaired) electrons. The predicted molar refractivity (Wildman–Crippen MR) is 72.9 cm³/mol. The molecule has 1 heterocycles.